The molecule has 0 spiro atoms. The fourth-order valence-electron chi connectivity index (χ4n) is 2.35. The van der Waals surface area contributed by atoms with Crippen LogP contribution in [0.25, 0.3) is 5.69 Å². The van der Waals surface area contributed by atoms with Gasteiger partial charge in [0, 0.05) is 10.6 Å². The number of para-hydroxylation sites is 1. The minimum absolute atomic E-state index is 0.0553. The molecule has 124 valence electrons. The van der Waals surface area contributed by atoms with Gasteiger partial charge in [0.15, 0.2) is 5.15 Å². The predicted molar refractivity (Wildman–Crippen MR) is 84.0 cm³/mol. The van der Waals surface area contributed by atoms with Crippen LogP contribution in [-0.2, 0) is 0 Å². The average molecular weight is 373 g/mol. The number of rotatable bonds is 3. The Balaban J connectivity index is 2.18. The van der Waals surface area contributed by atoms with Gasteiger partial charge in [-0.3, -0.25) is 4.57 Å². The van der Waals surface area contributed by atoms with Gasteiger partial charge in [-0.05, 0) is 24.3 Å². The van der Waals surface area contributed by atoms with Crippen LogP contribution in [0, 0.1) is 17.5 Å². The van der Waals surface area contributed by atoms with Crippen LogP contribution in [0.2, 0.25) is 10.2 Å². The normalized spacial score (nSPS) is 12.4. The van der Waals surface area contributed by atoms with Crippen molar-refractivity contribution in [2.75, 3.05) is 0 Å². The quantitative estimate of drug-likeness (QED) is 0.724. The second kappa shape index (κ2) is 6.47. The van der Waals surface area contributed by atoms with E-state index in [1.54, 1.807) is 0 Å². The molecule has 1 atom stereocenters. The van der Waals surface area contributed by atoms with Crippen molar-refractivity contribution < 1.29 is 18.3 Å². The van der Waals surface area contributed by atoms with E-state index in [4.69, 9.17) is 23.2 Å². The van der Waals surface area contributed by atoms with Crippen LogP contribution in [0.15, 0.2) is 42.7 Å². The van der Waals surface area contributed by atoms with Crippen molar-refractivity contribution in [1.82, 2.24) is 9.55 Å². The molecule has 0 aliphatic heterocycles. The molecular weight excluding hydrogens is 364 g/mol. The zero-order chi connectivity index (χ0) is 17.4. The zero-order valence-electron chi connectivity index (χ0n) is 11.9. The molecule has 8 heteroatoms. The number of hydrogen-bond donors (Lipinski definition) is 1. The van der Waals surface area contributed by atoms with E-state index in [0.717, 1.165) is 35.2 Å². The number of imidazole rings is 1. The second-order valence-corrected chi connectivity index (χ2v) is 5.69. The fourth-order valence-corrected chi connectivity index (χ4v) is 2.86. The number of aliphatic hydroxyl groups excluding tert-OH is 1. The monoisotopic (exact) mass is 372 g/mol. The molecule has 1 heterocycles. The number of aliphatic hydroxyl groups is 1. The highest BCUT2D eigenvalue weighted by atomic mass is 35.5. The molecule has 1 aromatic heterocycles. The van der Waals surface area contributed by atoms with Gasteiger partial charge in [-0.1, -0.05) is 35.3 Å². The van der Waals surface area contributed by atoms with E-state index in [2.05, 4.69) is 4.98 Å². The molecule has 0 aliphatic carbocycles. The Bertz CT molecular complexity index is 894. The molecular formula is C16H9Cl2F3N2O. The van der Waals surface area contributed by atoms with Crippen molar-refractivity contribution in [1.29, 1.82) is 0 Å². The highest BCUT2D eigenvalue weighted by molar-refractivity contribution is 6.31. The Hall–Kier alpha value is -2.02. The van der Waals surface area contributed by atoms with E-state index in [1.165, 1.54) is 12.1 Å². The summed E-state index contributed by atoms with van der Waals surface area (Å²) in [5.41, 5.74) is -0.406. The van der Waals surface area contributed by atoms with Gasteiger partial charge in [0.25, 0.3) is 0 Å². The highest BCUT2D eigenvalue weighted by Crippen LogP contribution is 2.34. The Morgan fingerprint density at radius 2 is 1.71 bits per heavy atom. The number of nitrogens with zero attached hydrogens (tertiary/aromatic N) is 2. The fraction of sp³-hybridized carbons (Fsp3) is 0.0625. The number of benzene rings is 2. The summed E-state index contributed by atoms with van der Waals surface area (Å²) in [5, 5.41) is 10.3. The van der Waals surface area contributed by atoms with Gasteiger partial charge in [-0.15, -0.1) is 0 Å². The van der Waals surface area contributed by atoms with Crippen LogP contribution < -0.4 is 0 Å². The van der Waals surface area contributed by atoms with E-state index < -0.39 is 29.2 Å². The van der Waals surface area contributed by atoms with Crippen molar-refractivity contribution in [3.05, 3.63) is 81.6 Å². The van der Waals surface area contributed by atoms with E-state index in [0.29, 0.717) is 0 Å². The van der Waals surface area contributed by atoms with Gasteiger partial charge < -0.3 is 5.11 Å². The maximum Gasteiger partial charge on any atom is 0.153 e. The first-order chi connectivity index (χ1) is 11.4. The van der Waals surface area contributed by atoms with Gasteiger partial charge in [-0.25, -0.2) is 18.2 Å². The third-order valence-electron chi connectivity index (χ3n) is 3.45. The van der Waals surface area contributed by atoms with Crippen molar-refractivity contribution in [3.8, 4) is 5.69 Å². The summed E-state index contributed by atoms with van der Waals surface area (Å²) >= 11 is 11.9. The lowest BCUT2D eigenvalue weighted by molar-refractivity contribution is 0.213. The molecule has 3 aromatic rings. The summed E-state index contributed by atoms with van der Waals surface area (Å²) in [6.07, 6.45) is -0.382. The second-order valence-electron chi connectivity index (χ2n) is 4.93. The summed E-state index contributed by atoms with van der Waals surface area (Å²) in [7, 11) is 0. The van der Waals surface area contributed by atoms with E-state index >= 15 is 0 Å². The first kappa shape index (κ1) is 16.8. The highest BCUT2D eigenvalue weighted by Gasteiger charge is 2.25. The van der Waals surface area contributed by atoms with E-state index in [9.17, 15) is 18.3 Å². The van der Waals surface area contributed by atoms with Crippen LogP contribution in [0.1, 0.15) is 17.4 Å². The number of hydrogen-bond acceptors (Lipinski definition) is 2. The number of halogens is 5. The first-order valence-electron chi connectivity index (χ1n) is 6.70. The Morgan fingerprint density at radius 1 is 1.04 bits per heavy atom. The summed E-state index contributed by atoms with van der Waals surface area (Å²) in [6, 6.07) is 6.70. The van der Waals surface area contributed by atoms with Gasteiger partial charge in [-0.2, -0.15) is 0 Å². The number of aromatic nitrogens is 2. The SMILES string of the molecule is OC(c1ccc(F)cc1Cl)c1c(Cl)ncn1-c1c(F)cccc1F. The largest absolute Gasteiger partial charge is 0.382 e. The Labute approximate surface area is 144 Å². The molecule has 3 nitrogen and oxygen atoms in total. The molecule has 2 aromatic carbocycles. The van der Waals surface area contributed by atoms with Crippen molar-refractivity contribution in [3.63, 3.8) is 0 Å². The van der Waals surface area contributed by atoms with Crippen molar-refractivity contribution in [2.45, 2.75) is 6.10 Å². The molecule has 0 fully saturated rings. The van der Waals surface area contributed by atoms with Crippen molar-refractivity contribution in [2.24, 2.45) is 0 Å². The van der Waals surface area contributed by atoms with Gasteiger partial charge >= 0.3 is 0 Å². The van der Waals surface area contributed by atoms with Gasteiger partial charge in [0.2, 0.25) is 0 Å². The molecule has 1 N–H and O–H groups in total. The molecule has 0 amide bonds. The van der Waals surface area contributed by atoms with E-state index in [-0.39, 0.29) is 21.4 Å². The molecule has 0 aliphatic rings. The summed E-state index contributed by atoms with van der Waals surface area (Å²) in [5.74, 6) is -2.30. The minimum Gasteiger partial charge on any atom is -0.382 e. The van der Waals surface area contributed by atoms with Gasteiger partial charge in [0.1, 0.15) is 35.6 Å². The van der Waals surface area contributed by atoms with Gasteiger partial charge in [0.05, 0.1) is 5.69 Å². The van der Waals surface area contributed by atoms with Crippen LogP contribution in [0.5, 0.6) is 0 Å². The molecule has 1 unspecified atom stereocenters. The van der Waals surface area contributed by atoms with Crippen molar-refractivity contribution >= 4 is 23.2 Å². The molecule has 0 saturated heterocycles. The Morgan fingerprint density at radius 3 is 2.33 bits per heavy atom. The summed E-state index contributed by atoms with van der Waals surface area (Å²) in [6.45, 7) is 0. The van der Waals surface area contributed by atoms with Crippen LogP contribution >= 0.6 is 23.2 Å². The molecule has 3 rings (SSSR count). The lowest BCUT2D eigenvalue weighted by atomic mass is 10.1. The van der Waals surface area contributed by atoms with E-state index in [1.807, 2.05) is 0 Å². The summed E-state index contributed by atoms with van der Waals surface area (Å²) in [4.78, 5) is 3.79. The topological polar surface area (TPSA) is 38.1 Å². The summed E-state index contributed by atoms with van der Waals surface area (Å²) < 4.78 is 42.2. The first-order valence-corrected chi connectivity index (χ1v) is 7.46. The maximum absolute atomic E-state index is 14.0. The average Bonchev–Trinajstić information content (AvgIpc) is 2.88. The molecule has 24 heavy (non-hydrogen) atoms. The molecule has 0 radical (unpaired) electrons. The lowest BCUT2D eigenvalue weighted by Crippen LogP contribution is -2.10. The van der Waals surface area contributed by atoms with Crippen LogP contribution in [-0.4, -0.2) is 14.7 Å². The minimum atomic E-state index is -1.47. The smallest absolute Gasteiger partial charge is 0.153 e. The molecule has 0 saturated carbocycles. The standard InChI is InChI=1S/C16H9Cl2F3N2O/c17-10-6-8(19)4-5-9(10)15(24)14-16(18)22-7-23(14)13-11(20)2-1-3-12(13)21/h1-7,15,24H. The van der Waals surface area contributed by atoms with Crippen LogP contribution in [0.3, 0.4) is 0 Å². The zero-order valence-corrected chi connectivity index (χ0v) is 13.4. The third kappa shape index (κ3) is 2.88. The lowest BCUT2D eigenvalue weighted by Gasteiger charge is -2.17. The molecule has 0 bridgehead atoms. The van der Waals surface area contributed by atoms with Crippen LogP contribution in [0.4, 0.5) is 13.2 Å². The third-order valence-corrected chi connectivity index (χ3v) is 4.07. The maximum atomic E-state index is 14.0. The predicted octanol–water partition coefficient (Wildman–Crippen LogP) is 4.68. The Kier molecular flexibility index (Phi) is 4.54.